The molecule has 0 aliphatic carbocycles. The Balaban J connectivity index is 1.50. The number of benzene rings is 2. The van der Waals surface area contributed by atoms with Crippen molar-refractivity contribution in [1.82, 2.24) is 25.5 Å². The van der Waals surface area contributed by atoms with Crippen molar-refractivity contribution in [3.8, 4) is 5.69 Å². The summed E-state index contributed by atoms with van der Waals surface area (Å²) in [6.07, 6.45) is 4.56. The van der Waals surface area contributed by atoms with Gasteiger partial charge in [-0.1, -0.05) is 17.7 Å². The Morgan fingerprint density at radius 1 is 1.14 bits per heavy atom. The fourth-order valence-electron chi connectivity index (χ4n) is 3.29. The lowest BCUT2D eigenvalue weighted by Crippen LogP contribution is -2.44. The van der Waals surface area contributed by atoms with Gasteiger partial charge in [0.1, 0.15) is 12.4 Å². The van der Waals surface area contributed by atoms with Crippen molar-refractivity contribution in [2.24, 2.45) is 0 Å². The van der Waals surface area contributed by atoms with E-state index in [4.69, 9.17) is 16.7 Å². The molecule has 12 heteroatoms. The molecule has 2 heterocycles. The monoisotopic (exact) mass is 522 g/mol. The number of nitrogens with zero attached hydrogens (tertiary/aromatic N) is 4. The minimum atomic E-state index is -1.06. The number of anilines is 1. The fraction of sp³-hybridized carbons (Fsp3) is 0.0833. The van der Waals surface area contributed by atoms with Gasteiger partial charge in [-0.25, -0.2) is 4.79 Å². The summed E-state index contributed by atoms with van der Waals surface area (Å²) in [7, 11) is 0. The molecule has 0 saturated carbocycles. The molecule has 0 radical (unpaired) electrons. The summed E-state index contributed by atoms with van der Waals surface area (Å²) in [6, 6.07) is 13.7. The molecule has 10 nitrogen and oxygen atoms in total. The van der Waals surface area contributed by atoms with E-state index in [9.17, 15) is 14.4 Å². The zero-order valence-corrected chi connectivity index (χ0v) is 20.1. The van der Waals surface area contributed by atoms with Crippen molar-refractivity contribution in [2.45, 2.75) is 12.5 Å². The van der Waals surface area contributed by atoms with Crippen LogP contribution < -0.4 is 10.6 Å². The van der Waals surface area contributed by atoms with Gasteiger partial charge < -0.3 is 15.7 Å². The number of carbonyl (C=O) groups excluding carboxylic acids is 2. The van der Waals surface area contributed by atoms with Crippen LogP contribution in [-0.2, 0) is 16.0 Å². The van der Waals surface area contributed by atoms with Crippen molar-refractivity contribution >= 4 is 52.5 Å². The van der Waals surface area contributed by atoms with Crippen molar-refractivity contribution in [3.05, 3.63) is 93.4 Å². The van der Waals surface area contributed by atoms with E-state index < -0.39 is 23.8 Å². The largest absolute Gasteiger partial charge is 0.478 e. The van der Waals surface area contributed by atoms with Crippen LogP contribution in [0.25, 0.3) is 11.8 Å². The first-order valence-corrected chi connectivity index (χ1v) is 11.8. The third kappa shape index (κ3) is 6.40. The van der Waals surface area contributed by atoms with Crippen molar-refractivity contribution < 1.29 is 19.5 Å². The first-order chi connectivity index (χ1) is 17.4. The number of hydrogen-bond donors (Lipinski definition) is 3. The predicted molar refractivity (Wildman–Crippen MR) is 135 cm³/mol. The molecule has 0 spiro atoms. The van der Waals surface area contributed by atoms with Gasteiger partial charge in [-0.15, -0.1) is 16.4 Å². The molecule has 2 aromatic carbocycles. The van der Waals surface area contributed by atoms with Crippen LogP contribution in [0.4, 0.5) is 5.69 Å². The van der Waals surface area contributed by atoms with Gasteiger partial charge in [0.15, 0.2) is 0 Å². The van der Waals surface area contributed by atoms with E-state index in [-0.39, 0.29) is 12.0 Å². The second kappa shape index (κ2) is 11.4. The van der Waals surface area contributed by atoms with Crippen molar-refractivity contribution in [3.63, 3.8) is 0 Å². The van der Waals surface area contributed by atoms with Gasteiger partial charge in [0.25, 0.3) is 0 Å². The average Bonchev–Trinajstić information content (AvgIpc) is 3.57. The normalized spacial score (nSPS) is 11.8. The Bertz CT molecular complexity index is 1390. The van der Waals surface area contributed by atoms with E-state index in [1.165, 1.54) is 52.7 Å². The Labute approximate surface area is 214 Å². The van der Waals surface area contributed by atoms with E-state index in [1.54, 1.807) is 24.3 Å². The zero-order chi connectivity index (χ0) is 25.5. The third-order valence-corrected chi connectivity index (χ3v) is 6.15. The van der Waals surface area contributed by atoms with E-state index in [1.807, 2.05) is 17.5 Å². The molecular weight excluding hydrogens is 504 g/mol. The molecule has 3 N–H and O–H groups in total. The van der Waals surface area contributed by atoms with Crippen molar-refractivity contribution in [1.29, 1.82) is 0 Å². The molecule has 1 atom stereocenters. The molecule has 2 aromatic heterocycles. The van der Waals surface area contributed by atoms with E-state index in [0.29, 0.717) is 22.0 Å². The lowest BCUT2D eigenvalue weighted by atomic mass is 10.1. The fourth-order valence-corrected chi connectivity index (χ4v) is 4.22. The molecule has 0 bridgehead atoms. The molecule has 182 valence electrons. The van der Waals surface area contributed by atoms with Gasteiger partial charge in [-0.2, -0.15) is 4.68 Å². The summed E-state index contributed by atoms with van der Waals surface area (Å²) in [5.74, 6) is -1.99. The number of aromatic carboxylic acids is 1. The number of tetrazole rings is 1. The molecular formula is C24H19ClN6O4S. The Morgan fingerprint density at radius 3 is 2.61 bits per heavy atom. The van der Waals surface area contributed by atoms with E-state index in [0.717, 1.165) is 4.88 Å². The molecule has 36 heavy (non-hydrogen) atoms. The maximum Gasteiger partial charge on any atom is 0.335 e. The highest BCUT2D eigenvalue weighted by molar-refractivity contribution is 7.09. The SMILES string of the molecule is O=C(/C=C/c1cc(Cl)ccc1-n1cnnn1)N[C@@H](Cc1cccs1)C(=O)Nc1ccc(C(=O)O)cc1. The first kappa shape index (κ1) is 24.8. The maximum absolute atomic E-state index is 13.0. The molecule has 2 amide bonds. The second-order valence-electron chi connectivity index (χ2n) is 7.51. The number of halogens is 1. The number of thiophene rings is 1. The quantitative estimate of drug-likeness (QED) is 0.286. The van der Waals surface area contributed by atoms with Gasteiger partial charge in [-0.3, -0.25) is 9.59 Å². The lowest BCUT2D eigenvalue weighted by molar-refractivity contribution is -0.123. The number of rotatable bonds is 9. The second-order valence-corrected chi connectivity index (χ2v) is 8.98. The topological polar surface area (TPSA) is 139 Å². The molecule has 4 aromatic rings. The van der Waals surface area contributed by atoms with Crippen LogP contribution in [0.3, 0.4) is 0 Å². The number of amides is 2. The van der Waals surface area contributed by atoms with Gasteiger partial charge in [0, 0.05) is 33.6 Å². The standard InChI is InChI=1S/C24H19ClN6O4S/c25-17-6-9-21(31-14-26-29-30-31)16(12-17)5-10-22(32)28-20(13-19-2-1-11-36-19)23(33)27-18-7-3-15(4-8-18)24(34)35/h1-12,14,20H,13H2,(H,27,33)(H,28,32)(H,34,35)/b10-5+/t20-/m0/s1. The van der Waals surface area contributed by atoms with Crippen LogP contribution in [0, 0.1) is 0 Å². The van der Waals surface area contributed by atoms with Gasteiger partial charge in [0.05, 0.1) is 11.3 Å². The smallest absolute Gasteiger partial charge is 0.335 e. The Hall–Kier alpha value is -4.35. The third-order valence-electron chi connectivity index (χ3n) is 5.02. The molecule has 0 aliphatic heterocycles. The summed E-state index contributed by atoms with van der Waals surface area (Å²) in [4.78, 5) is 37.8. The van der Waals surface area contributed by atoms with Crippen LogP contribution >= 0.6 is 22.9 Å². The molecule has 0 unspecified atom stereocenters. The summed E-state index contributed by atoms with van der Waals surface area (Å²) in [6.45, 7) is 0. The van der Waals surface area contributed by atoms with E-state index >= 15 is 0 Å². The van der Waals surface area contributed by atoms with Crippen LogP contribution in [0.1, 0.15) is 20.8 Å². The lowest BCUT2D eigenvalue weighted by Gasteiger charge is -2.17. The highest BCUT2D eigenvalue weighted by Crippen LogP contribution is 2.20. The number of carboxylic acids is 1. The van der Waals surface area contributed by atoms with Crippen LogP contribution in [-0.4, -0.2) is 49.1 Å². The van der Waals surface area contributed by atoms with Gasteiger partial charge in [0.2, 0.25) is 11.8 Å². The maximum atomic E-state index is 13.0. The molecule has 0 saturated heterocycles. The average molecular weight is 523 g/mol. The number of nitrogens with one attached hydrogen (secondary N) is 2. The number of carbonyl (C=O) groups is 3. The highest BCUT2D eigenvalue weighted by atomic mass is 35.5. The first-order valence-electron chi connectivity index (χ1n) is 10.6. The van der Waals surface area contributed by atoms with Gasteiger partial charge in [-0.05, 0) is 70.4 Å². The van der Waals surface area contributed by atoms with Gasteiger partial charge >= 0.3 is 5.97 Å². The summed E-state index contributed by atoms with van der Waals surface area (Å²) in [5, 5.41) is 28.0. The van der Waals surface area contributed by atoms with Crippen LogP contribution in [0.5, 0.6) is 0 Å². The number of hydrogen-bond acceptors (Lipinski definition) is 7. The number of carboxylic acid groups (broad SMARTS) is 1. The highest BCUT2D eigenvalue weighted by Gasteiger charge is 2.21. The minimum Gasteiger partial charge on any atom is -0.478 e. The molecule has 0 fully saturated rings. The Kier molecular flexibility index (Phi) is 7.83. The molecule has 0 aliphatic rings. The zero-order valence-electron chi connectivity index (χ0n) is 18.5. The number of aromatic nitrogens is 4. The van der Waals surface area contributed by atoms with Crippen molar-refractivity contribution in [2.75, 3.05) is 5.32 Å². The Morgan fingerprint density at radius 2 is 1.94 bits per heavy atom. The minimum absolute atomic E-state index is 0.101. The summed E-state index contributed by atoms with van der Waals surface area (Å²) in [5.41, 5.74) is 1.73. The van der Waals surface area contributed by atoms with Crippen LogP contribution in [0.15, 0.2) is 72.4 Å². The molecule has 4 rings (SSSR count). The summed E-state index contributed by atoms with van der Waals surface area (Å²) < 4.78 is 1.44. The van der Waals surface area contributed by atoms with E-state index in [2.05, 4.69) is 26.2 Å². The van der Waals surface area contributed by atoms with Crippen LogP contribution in [0.2, 0.25) is 5.02 Å². The summed E-state index contributed by atoms with van der Waals surface area (Å²) >= 11 is 7.59. The predicted octanol–water partition coefficient (Wildman–Crippen LogP) is 3.45.